The van der Waals surface area contributed by atoms with Gasteiger partial charge in [0.25, 0.3) is 0 Å². The SMILES string of the molecule is NCC(c1ccc(F)c(F)c1)N1CCc2ccccc21. The molecule has 104 valence electrons. The molecule has 2 nitrogen and oxygen atoms in total. The van der Waals surface area contributed by atoms with Crippen LogP contribution in [-0.2, 0) is 6.42 Å². The van der Waals surface area contributed by atoms with E-state index in [-0.39, 0.29) is 6.04 Å². The van der Waals surface area contributed by atoms with Gasteiger partial charge in [-0.1, -0.05) is 24.3 Å². The standard InChI is InChI=1S/C16H16F2N2/c17-13-6-5-12(9-14(13)18)16(10-19)20-8-7-11-3-1-2-4-15(11)20/h1-6,9,16H,7-8,10,19H2. The largest absolute Gasteiger partial charge is 0.363 e. The van der Waals surface area contributed by atoms with E-state index < -0.39 is 11.6 Å². The van der Waals surface area contributed by atoms with Crippen LogP contribution in [0.15, 0.2) is 42.5 Å². The molecule has 1 atom stereocenters. The van der Waals surface area contributed by atoms with Crippen LogP contribution in [0, 0.1) is 11.6 Å². The summed E-state index contributed by atoms with van der Waals surface area (Å²) in [5.74, 6) is -1.65. The van der Waals surface area contributed by atoms with Crippen LogP contribution in [0.25, 0.3) is 0 Å². The van der Waals surface area contributed by atoms with E-state index in [4.69, 9.17) is 5.73 Å². The minimum absolute atomic E-state index is 0.131. The minimum Gasteiger partial charge on any atom is -0.363 e. The van der Waals surface area contributed by atoms with E-state index in [1.807, 2.05) is 18.2 Å². The monoisotopic (exact) mass is 274 g/mol. The molecular formula is C16H16F2N2. The van der Waals surface area contributed by atoms with E-state index in [2.05, 4.69) is 11.0 Å². The number of fused-ring (bicyclic) bond motifs is 1. The van der Waals surface area contributed by atoms with Gasteiger partial charge < -0.3 is 10.6 Å². The minimum atomic E-state index is -0.827. The molecule has 0 aromatic heterocycles. The highest BCUT2D eigenvalue weighted by Crippen LogP contribution is 2.34. The highest BCUT2D eigenvalue weighted by atomic mass is 19.2. The van der Waals surface area contributed by atoms with E-state index in [0.717, 1.165) is 24.7 Å². The molecule has 1 heterocycles. The number of nitrogens with zero attached hydrogens (tertiary/aromatic N) is 1. The van der Waals surface area contributed by atoms with Gasteiger partial charge in [0.1, 0.15) is 0 Å². The first-order chi connectivity index (χ1) is 9.70. The third kappa shape index (κ3) is 2.16. The van der Waals surface area contributed by atoms with E-state index in [1.54, 1.807) is 6.07 Å². The summed E-state index contributed by atoms with van der Waals surface area (Å²) >= 11 is 0. The van der Waals surface area contributed by atoms with Gasteiger partial charge in [-0.15, -0.1) is 0 Å². The maximum atomic E-state index is 13.4. The van der Waals surface area contributed by atoms with Crippen molar-refractivity contribution in [3.8, 4) is 0 Å². The molecule has 4 heteroatoms. The Kier molecular flexibility index (Phi) is 3.40. The van der Waals surface area contributed by atoms with Gasteiger partial charge in [0.15, 0.2) is 11.6 Å². The van der Waals surface area contributed by atoms with Crippen molar-refractivity contribution in [2.45, 2.75) is 12.5 Å². The quantitative estimate of drug-likeness (QED) is 0.932. The zero-order chi connectivity index (χ0) is 14.1. The number of anilines is 1. The maximum Gasteiger partial charge on any atom is 0.159 e. The molecule has 0 saturated heterocycles. The second-order valence-corrected chi connectivity index (χ2v) is 5.00. The second-order valence-electron chi connectivity index (χ2n) is 5.00. The first-order valence-electron chi connectivity index (χ1n) is 6.70. The van der Waals surface area contributed by atoms with Crippen LogP contribution in [0.5, 0.6) is 0 Å². The third-order valence-corrected chi connectivity index (χ3v) is 3.85. The lowest BCUT2D eigenvalue weighted by atomic mass is 10.0. The Balaban J connectivity index is 1.97. The summed E-state index contributed by atoms with van der Waals surface area (Å²) in [7, 11) is 0. The number of rotatable bonds is 3. The van der Waals surface area contributed by atoms with Crippen molar-refractivity contribution in [2.75, 3.05) is 18.0 Å². The van der Waals surface area contributed by atoms with Crippen molar-refractivity contribution in [1.29, 1.82) is 0 Å². The van der Waals surface area contributed by atoms with Crippen LogP contribution in [0.1, 0.15) is 17.2 Å². The predicted molar refractivity (Wildman–Crippen MR) is 75.6 cm³/mol. The molecule has 20 heavy (non-hydrogen) atoms. The Morgan fingerprint density at radius 1 is 1.10 bits per heavy atom. The number of hydrogen-bond donors (Lipinski definition) is 1. The molecule has 1 aliphatic rings. The van der Waals surface area contributed by atoms with E-state index in [1.165, 1.54) is 11.6 Å². The van der Waals surface area contributed by atoms with E-state index in [9.17, 15) is 8.78 Å². The lowest BCUT2D eigenvalue weighted by Gasteiger charge is -2.30. The van der Waals surface area contributed by atoms with Crippen LogP contribution >= 0.6 is 0 Å². The zero-order valence-corrected chi connectivity index (χ0v) is 11.0. The number of benzene rings is 2. The van der Waals surface area contributed by atoms with Crippen molar-refractivity contribution < 1.29 is 8.78 Å². The predicted octanol–water partition coefficient (Wildman–Crippen LogP) is 3.03. The van der Waals surface area contributed by atoms with Gasteiger partial charge in [-0.3, -0.25) is 0 Å². The molecule has 0 bridgehead atoms. The van der Waals surface area contributed by atoms with Crippen LogP contribution in [0.2, 0.25) is 0 Å². The molecule has 0 fully saturated rings. The summed E-state index contributed by atoms with van der Waals surface area (Å²) in [6.07, 6.45) is 0.955. The number of hydrogen-bond acceptors (Lipinski definition) is 2. The Morgan fingerprint density at radius 3 is 2.65 bits per heavy atom. The average Bonchev–Trinajstić information content (AvgIpc) is 2.88. The van der Waals surface area contributed by atoms with Crippen LogP contribution in [0.4, 0.5) is 14.5 Å². The molecule has 2 aromatic carbocycles. The number of para-hydroxylation sites is 1. The Labute approximate surface area is 116 Å². The van der Waals surface area contributed by atoms with Crippen LogP contribution in [-0.4, -0.2) is 13.1 Å². The van der Waals surface area contributed by atoms with Gasteiger partial charge in [-0.2, -0.15) is 0 Å². The van der Waals surface area contributed by atoms with E-state index in [0.29, 0.717) is 12.1 Å². The lowest BCUT2D eigenvalue weighted by Crippen LogP contribution is -2.32. The average molecular weight is 274 g/mol. The molecule has 0 aliphatic carbocycles. The summed E-state index contributed by atoms with van der Waals surface area (Å²) < 4.78 is 26.5. The Morgan fingerprint density at radius 2 is 1.90 bits per heavy atom. The Bertz CT molecular complexity index is 628. The number of nitrogens with two attached hydrogens (primary N) is 1. The highest BCUT2D eigenvalue weighted by molar-refractivity contribution is 5.59. The maximum absolute atomic E-state index is 13.4. The fraction of sp³-hybridized carbons (Fsp3) is 0.250. The molecule has 0 spiro atoms. The number of halogens is 2. The lowest BCUT2D eigenvalue weighted by molar-refractivity contribution is 0.504. The second kappa shape index (κ2) is 5.21. The Hall–Kier alpha value is -1.94. The van der Waals surface area contributed by atoms with E-state index >= 15 is 0 Å². The normalized spacial score (nSPS) is 15.2. The molecule has 1 unspecified atom stereocenters. The van der Waals surface area contributed by atoms with Gasteiger partial charge in [-0.05, 0) is 35.7 Å². The summed E-state index contributed by atoms with van der Waals surface area (Å²) in [6.45, 7) is 1.21. The van der Waals surface area contributed by atoms with Crippen molar-refractivity contribution in [3.63, 3.8) is 0 Å². The summed E-state index contributed by atoms with van der Waals surface area (Å²) in [4.78, 5) is 2.17. The fourth-order valence-corrected chi connectivity index (χ4v) is 2.85. The smallest absolute Gasteiger partial charge is 0.159 e. The molecule has 3 rings (SSSR count). The first-order valence-corrected chi connectivity index (χ1v) is 6.70. The topological polar surface area (TPSA) is 29.3 Å². The van der Waals surface area contributed by atoms with Crippen LogP contribution < -0.4 is 10.6 Å². The molecule has 1 aliphatic heterocycles. The molecular weight excluding hydrogens is 258 g/mol. The summed E-state index contributed by atoms with van der Waals surface area (Å²) in [5, 5.41) is 0. The third-order valence-electron chi connectivity index (χ3n) is 3.85. The van der Waals surface area contributed by atoms with Crippen molar-refractivity contribution >= 4 is 5.69 Å². The highest BCUT2D eigenvalue weighted by Gasteiger charge is 2.26. The summed E-state index contributed by atoms with van der Waals surface area (Å²) in [5.41, 5.74) is 8.99. The summed E-state index contributed by atoms with van der Waals surface area (Å²) in [6, 6.07) is 12.0. The molecule has 0 radical (unpaired) electrons. The van der Waals surface area contributed by atoms with Crippen molar-refractivity contribution in [1.82, 2.24) is 0 Å². The van der Waals surface area contributed by atoms with Crippen molar-refractivity contribution in [3.05, 3.63) is 65.2 Å². The van der Waals surface area contributed by atoms with Gasteiger partial charge in [-0.25, -0.2) is 8.78 Å². The molecule has 2 aromatic rings. The molecule has 2 N–H and O–H groups in total. The van der Waals surface area contributed by atoms with Gasteiger partial charge >= 0.3 is 0 Å². The molecule has 0 amide bonds. The van der Waals surface area contributed by atoms with Crippen molar-refractivity contribution in [2.24, 2.45) is 5.73 Å². The van der Waals surface area contributed by atoms with Gasteiger partial charge in [0.05, 0.1) is 6.04 Å². The fourth-order valence-electron chi connectivity index (χ4n) is 2.85. The molecule has 0 saturated carbocycles. The van der Waals surface area contributed by atoms with Gasteiger partial charge in [0, 0.05) is 18.8 Å². The first kappa shape index (κ1) is 13.1. The zero-order valence-electron chi connectivity index (χ0n) is 11.0. The van der Waals surface area contributed by atoms with Gasteiger partial charge in [0.2, 0.25) is 0 Å². The van der Waals surface area contributed by atoms with Crippen LogP contribution in [0.3, 0.4) is 0 Å².